The Labute approximate surface area is 123 Å². The van der Waals surface area contributed by atoms with Gasteiger partial charge in [-0.1, -0.05) is 31.5 Å². The molecule has 1 aromatic heterocycles. The molecule has 102 valence electrons. The fraction of sp³-hybridized carbons (Fsp3) is 0.267. The Morgan fingerprint density at radius 3 is 2.65 bits per heavy atom. The molecule has 0 amide bonds. The highest BCUT2D eigenvalue weighted by molar-refractivity contribution is 6.32. The summed E-state index contributed by atoms with van der Waals surface area (Å²) in [4.78, 5) is 11.7. The summed E-state index contributed by atoms with van der Waals surface area (Å²) in [5.41, 5.74) is 2.32. The lowest BCUT2D eigenvalue weighted by Crippen LogP contribution is -2.01. The number of ether oxygens (including phenoxy) is 1. The lowest BCUT2D eigenvalue weighted by Gasteiger charge is -2.13. The maximum atomic E-state index is 6.95. The summed E-state index contributed by atoms with van der Waals surface area (Å²) < 4.78 is 5.74. The van der Waals surface area contributed by atoms with Crippen LogP contribution in [-0.2, 0) is 0 Å². The molecule has 0 aliphatic carbocycles. The molecule has 4 nitrogen and oxygen atoms in total. The molecule has 20 heavy (non-hydrogen) atoms. The van der Waals surface area contributed by atoms with E-state index in [4.69, 9.17) is 22.9 Å². The van der Waals surface area contributed by atoms with Crippen molar-refractivity contribution in [2.45, 2.75) is 26.7 Å². The summed E-state index contributed by atoms with van der Waals surface area (Å²) in [5, 5.41) is 0.391. The first-order valence-corrected chi connectivity index (χ1v) is 6.57. The zero-order valence-corrected chi connectivity index (χ0v) is 12.3. The van der Waals surface area contributed by atoms with Gasteiger partial charge in [-0.15, -0.1) is 0 Å². The summed E-state index contributed by atoms with van der Waals surface area (Å²) in [6, 6.07) is 4.91. The van der Waals surface area contributed by atoms with Gasteiger partial charge in [0.25, 0.3) is 0 Å². The molecule has 0 unspecified atom stereocenters. The zero-order chi connectivity index (χ0) is 14.7. The Balaban J connectivity index is 2.36. The molecule has 0 fully saturated rings. The largest absolute Gasteiger partial charge is 0.437 e. The van der Waals surface area contributed by atoms with Crippen LogP contribution in [0.15, 0.2) is 24.5 Å². The van der Waals surface area contributed by atoms with Crippen LogP contribution < -0.4 is 4.74 Å². The second-order valence-electron chi connectivity index (χ2n) is 4.67. The minimum absolute atomic E-state index is 0.292. The molecule has 2 rings (SSSR count). The van der Waals surface area contributed by atoms with Crippen LogP contribution in [0.5, 0.6) is 11.6 Å². The van der Waals surface area contributed by atoms with Gasteiger partial charge in [-0.05, 0) is 25.0 Å². The highest BCUT2D eigenvalue weighted by Crippen LogP contribution is 2.33. The average Bonchev–Trinajstić information content (AvgIpc) is 2.42. The van der Waals surface area contributed by atoms with Gasteiger partial charge in [0.2, 0.25) is 5.88 Å². The third-order valence-electron chi connectivity index (χ3n) is 2.87. The fourth-order valence-corrected chi connectivity index (χ4v) is 2.09. The van der Waals surface area contributed by atoms with E-state index >= 15 is 0 Å². The minimum Gasteiger partial charge on any atom is -0.437 e. The molecule has 0 saturated carbocycles. The summed E-state index contributed by atoms with van der Waals surface area (Å²) >= 11 is 6.10. The molecule has 0 saturated heterocycles. The van der Waals surface area contributed by atoms with Crippen molar-refractivity contribution >= 4 is 17.3 Å². The van der Waals surface area contributed by atoms with E-state index in [1.165, 1.54) is 6.33 Å². The van der Waals surface area contributed by atoms with Crippen molar-refractivity contribution in [3.8, 4) is 11.6 Å². The SMILES string of the molecule is [C-]#[N+]c1ccc(Oc2ncnc(C(C)C)c2C)c(Cl)c1. The summed E-state index contributed by atoms with van der Waals surface area (Å²) in [7, 11) is 0. The van der Waals surface area contributed by atoms with Crippen LogP contribution in [-0.4, -0.2) is 9.97 Å². The van der Waals surface area contributed by atoms with E-state index in [-0.39, 0.29) is 0 Å². The fourth-order valence-electron chi connectivity index (χ4n) is 1.88. The Morgan fingerprint density at radius 2 is 2.05 bits per heavy atom. The van der Waals surface area contributed by atoms with Gasteiger partial charge in [0.15, 0.2) is 5.69 Å². The van der Waals surface area contributed by atoms with E-state index < -0.39 is 0 Å². The number of rotatable bonds is 3. The second kappa shape index (κ2) is 5.89. The Hall–Kier alpha value is -2.12. The van der Waals surface area contributed by atoms with Crippen LogP contribution in [0.2, 0.25) is 5.02 Å². The summed E-state index contributed by atoms with van der Waals surface area (Å²) in [6.07, 6.45) is 1.49. The van der Waals surface area contributed by atoms with Crippen molar-refractivity contribution in [1.29, 1.82) is 0 Å². The van der Waals surface area contributed by atoms with Crippen LogP contribution >= 0.6 is 11.6 Å². The number of hydrogen-bond acceptors (Lipinski definition) is 3. The quantitative estimate of drug-likeness (QED) is 0.753. The third kappa shape index (κ3) is 2.89. The van der Waals surface area contributed by atoms with Gasteiger partial charge in [-0.2, -0.15) is 0 Å². The molecule has 1 aromatic carbocycles. The van der Waals surface area contributed by atoms with Gasteiger partial charge in [0, 0.05) is 5.56 Å². The van der Waals surface area contributed by atoms with Gasteiger partial charge in [-0.25, -0.2) is 14.8 Å². The normalized spacial score (nSPS) is 10.4. The molecular weight excluding hydrogens is 274 g/mol. The monoisotopic (exact) mass is 287 g/mol. The second-order valence-corrected chi connectivity index (χ2v) is 5.08. The highest BCUT2D eigenvalue weighted by atomic mass is 35.5. The average molecular weight is 288 g/mol. The summed E-state index contributed by atoms with van der Waals surface area (Å²) in [5.74, 6) is 1.26. The van der Waals surface area contributed by atoms with Gasteiger partial charge in [0.05, 0.1) is 17.3 Å². The van der Waals surface area contributed by atoms with E-state index in [0.717, 1.165) is 11.3 Å². The van der Waals surface area contributed by atoms with Crippen LogP contribution in [0, 0.1) is 13.5 Å². The third-order valence-corrected chi connectivity index (χ3v) is 3.17. The first kappa shape index (κ1) is 14.3. The van der Waals surface area contributed by atoms with Crippen molar-refractivity contribution in [2.75, 3.05) is 0 Å². The molecule has 0 bridgehead atoms. The maximum Gasteiger partial charge on any atom is 0.225 e. The Kier molecular flexibility index (Phi) is 4.21. The lowest BCUT2D eigenvalue weighted by molar-refractivity contribution is 0.455. The summed E-state index contributed by atoms with van der Waals surface area (Å²) in [6.45, 7) is 13.0. The van der Waals surface area contributed by atoms with Crippen molar-refractivity contribution in [3.05, 3.63) is 52.2 Å². The molecular formula is C15H14ClN3O. The van der Waals surface area contributed by atoms with Crippen molar-refractivity contribution < 1.29 is 4.74 Å². The molecule has 0 aliphatic rings. The van der Waals surface area contributed by atoms with Crippen LogP contribution in [0.25, 0.3) is 4.85 Å². The van der Waals surface area contributed by atoms with Gasteiger partial charge in [-0.3, -0.25) is 0 Å². The van der Waals surface area contributed by atoms with E-state index in [0.29, 0.717) is 28.3 Å². The van der Waals surface area contributed by atoms with Crippen molar-refractivity contribution in [2.24, 2.45) is 0 Å². The van der Waals surface area contributed by atoms with Gasteiger partial charge < -0.3 is 4.74 Å². The lowest BCUT2D eigenvalue weighted by atomic mass is 10.1. The van der Waals surface area contributed by atoms with Crippen LogP contribution in [0.4, 0.5) is 5.69 Å². The van der Waals surface area contributed by atoms with E-state index in [1.54, 1.807) is 18.2 Å². The van der Waals surface area contributed by atoms with Crippen LogP contribution in [0.3, 0.4) is 0 Å². The van der Waals surface area contributed by atoms with Gasteiger partial charge >= 0.3 is 0 Å². The van der Waals surface area contributed by atoms with E-state index in [9.17, 15) is 0 Å². The first-order valence-electron chi connectivity index (χ1n) is 6.19. The predicted octanol–water partition coefficient (Wildman–Crippen LogP) is 4.90. The number of aromatic nitrogens is 2. The molecule has 0 atom stereocenters. The topological polar surface area (TPSA) is 39.4 Å². The minimum atomic E-state index is 0.292. The molecule has 5 heteroatoms. The molecule has 0 radical (unpaired) electrons. The van der Waals surface area contributed by atoms with Gasteiger partial charge in [0.1, 0.15) is 12.1 Å². The van der Waals surface area contributed by atoms with Crippen molar-refractivity contribution in [1.82, 2.24) is 9.97 Å². The number of benzene rings is 1. The Bertz CT molecular complexity index is 677. The number of nitrogens with zero attached hydrogens (tertiary/aromatic N) is 3. The first-order chi connectivity index (χ1) is 9.52. The predicted molar refractivity (Wildman–Crippen MR) is 78.6 cm³/mol. The maximum absolute atomic E-state index is 6.95. The molecule has 0 spiro atoms. The number of hydrogen-bond donors (Lipinski definition) is 0. The molecule has 0 aliphatic heterocycles. The standard InChI is InChI=1S/C15H14ClN3O/c1-9(2)14-10(3)15(19-8-18-14)20-13-6-5-11(17-4)7-12(13)16/h5-9H,1-3H3. The van der Waals surface area contributed by atoms with Crippen molar-refractivity contribution in [3.63, 3.8) is 0 Å². The zero-order valence-electron chi connectivity index (χ0n) is 11.5. The van der Waals surface area contributed by atoms with E-state index in [1.807, 2.05) is 6.92 Å². The smallest absolute Gasteiger partial charge is 0.225 e. The molecule has 2 aromatic rings. The van der Waals surface area contributed by atoms with E-state index in [2.05, 4.69) is 28.7 Å². The Morgan fingerprint density at radius 1 is 1.30 bits per heavy atom. The highest BCUT2D eigenvalue weighted by Gasteiger charge is 2.13. The molecule has 0 N–H and O–H groups in total. The molecule has 1 heterocycles. The van der Waals surface area contributed by atoms with Crippen LogP contribution in [0.1, 0.15) is 31.0 Å². The number of halogens is 1.